The third kappa shape index (κ3) is 5.03. The number of ketones is 1. The van der Waals surface area contributed by atoms with E-state index in [4.69, 9.17) is 4.74 Å². The molecule has 2 aromatic carbocycles. The van der Waals surface area contributed by atoms with Crippen LogP contribution in [0.5, 0.6) is 5.75 Å². The first-order valence-electron chi connectivity index (χ1n) is 10.3. The molecule has 1 heterocycles. The van der Waals surface area contributed by atoms with Crippen LogP contribution in [0.2, 0.25) is 0 Å². The minimum Gasteiger partial charge on any atom is -0.507 e. The minimum atomic E-state index is -0.686. The van der Waals surface area contributed by atoms with Crippen molar-refractivity contribution in [3.63, 3.8) is 0 Å². The van der Waals surface area contributed by atoms with Crippen molar-refractivity contribution in [2.45, 2.75) is 12.5 Å². The van der Waals surface area contributed by atoms with Crippen molar-refractivity contribution in [3.8, 4) is 5.75 Å². The maximum absolute atomic E-state index is 13.0. The van der Waals surface area contributed by atoms with Crippen LogP contribution in [0.3, 0.4) is 0 Å². The number of rotatable bonds is 9. The molecule has 1 atom stereocenters. The highest BCUT2D eigenvalue weighted by Crippen LogP contribution is 2.40. The van der Waals surface area contributed by atoms with Gasteiger partial charge in [-0.25, -0.2) is 0 Å². The Hall–Kier alpha value is -3.38. The van der Waals surface area contributed by atoms with E-state index in [2.05, 4.69) is 6.58 Å². The molecule has 0 bridgehead atoms. The summed E-state index contributed by atoms with van der Waals surface area (Å²) in [5, 5.41) is 11.0. The average Bonchev–Trinajstić information content (AvgIpc) is 3.03. The number of aliphatic hydroxyl groups excluding tert-OH is 1. The molecule has 1 saturated heterocycles. The van der Waals surface area contributed by atoms with Gasteiger partial charge in [0.1, 0.15) is 18.1 Å². The van der Waals surface area contributed by atoms with Gasteiger partial charge in [0.2, 0.25) is 0 Å². The van der Waals surface area contributed by atoms with Crippen molar-refractivity contribution in [2.75, 3.05) is 33.8 Å². The molecule has 6 heteroatoms. The summed E-state index contributed by atoms with van der Waals surface area (Å²) in [6, 6.07) is 15.4. The predicted molar refractivity (Wildman–Crippen MR) is 121 cm³/mol. The fourth-order valence-electron chi connectivity index (χ4n) is 3.70. The fourth-order valence-corrected chi connectivity index (χ4v) is 3.70. The van der Waals surface area contributed by atoms with E-state index in [1.165, 1.54) is 0 Å². The molecule has 162 valence electrons. The molecule has 1 N–H and O–H groups in total. The molecule has 6 nitrogen and oxygen atoms in total. The Balaban J connectivity index is 2.07. The molecule has 1 aliphatic rings. The number of hydrogen-bond acceptors (Lipinski definition) is 5. The predicted octanol–water partition coefficient (Wildman–Crippen LogP) is 3.62. The number of carbonyl (C=O) groups excluding carboxylic acids is 2. The number of amides is 1. The largest absolute Gasteiger partial charge is 0.507 e. The van der Waals surface area contributed by atoms with Crippen LogP contribution in [0.1, 0.15) is 23.6 Å². The number of aliphatic hydroxyl groups is 1. The molecule has 0 saturated carbocycles. The molecule has 1 fully saturated rings. The van der Waals surface area contributed by atoms with E-state index >= 15 is 0 Å². The Morgan fingerprint density at radius 2 is 1.90 bits per heavy atom. The summed E-state index contributed by atoms with van der Waals surface area (Å²) in [4.78, 5) is 29.5. The minimum absolute atomic E-state index is 0.0990. The van der Waals surface area contributed by atoms with Gasteiger partial charge in [-0.3, -0.25) is 9.59 Å². The van der Waals surface area contributed by atoms with Gasteiger partial charge in [-0.2, -0.15) is 0 Å². The van der Waals surface area contributed by atoms with Gasteiger partial charge in [-0.15, -0.1) is 0 Å². The van der Waals surface area contributed by atoms with E-state index < -0.39 is 17.7 Å². The van der Waals surface area contributed by atoms with Crippen molar-refractivity contribution in [2.24, 2.45) is 0 Å². The van der Waals surface area contributed by atoms with Gasteiger partial charge in [0.05, 0.1) is 11.6 Å². The van der Waals surface area contributed by atoms with Crippen molar-refractivity contribution in [3.05, 3.63) is 84.0 Å². The van der Waals surface area contributed by atoms with Gasteiger partial charge < -0.3 is 19.6 Å². The van der Waals surface area contributed by atoms with Crippen molar-refractivity contribution in [1.29, 1.82) is 0 Å². The summed E-state index contributed by atoms with van der Waals surface area (Å²) in [5.74, 6) is -0.834. The second kappa shape index (κ2) is 10.1. The zero-order valence-corrected chi connectivity index (χ0v) is 18.0. The van der Waals surface area contributed by atoms with E-state index in [1.807, 2.05) is 43.3 Å². The molecule has 2 aromatic rings. The highest BCUT2D eigenvalue weighted by Gasteiger charge is 2.45. The first-order valence-corrected chi connectivity index (χ1v) is 10.3. The van der Waals surface area contributed by atoms with Gasteiger partial charge in [-0.1, -0.05) is 55.1 Å². The maximum Gasteiger partial charge on any atom is 0.295 e. The van der Waals surface area contributed by atoms with Gasteiger partial charge in [-0.05, 0) is 44.8 Å². The summed E-state index contributed by atoms with van der Waals surface area (Å²) >= 11 is 0. The number of hydrogen-bond donors (Lipinski definition) is 1. The first kappa shape index (κ1) is 22.3. The van der Waals surface area contributed by atoms with Crippen LogP contribution >= 0.6 is 0 Å². The van der Waals surface area contributed by atoms with Gasteiger partial charge in [0.15, 0.2) is 0 Å². The molecule has 0 radical (unpaired) electrons. The van der Waals surface area contributed by atoms with E-state index in [-0.39, 0.29) is 11.3 Å². The normalized spacial score (nSPS) is 17.9. The Kier molecular flexibility index (Phi) is 7.26. The number of benzene rings is 2. The van der Waals surface area contributed by atoms with Gasteiger partial charge >= 0.3 is 0 Å². The molecular formula is C25H28N2O4. The molecule has 3 rings (SSSR count). The lowest BCUT2D eigenvalue weighted by Crippen LogP contribution is -2.32. The monoisotopic (exact) mass is 420 g/mol. The maximum atomic E-state index is 13.0. The van der Waals surface area contributed by atoms with Crippen molar-refractivity contribution >= 4 is 17.4 Å². The van der Waals surface area contributed by atoms with E-state index in [0.717, 1.165) is 6.54 Å². The highest BCUT2D eigenvalue weighted by molar-refractivity contribution is 6.46. The lowest BCUT2D eigenvalue weighted by Gasteiger charge is -2.26. The third-order valence-electron chi connectivity index (χ3n) is 5.13. The molecular weight excluding hydrogens is 392 g/mol. The third-order valence-corrected chi connectivity index (χ3v) is 5.13. The Morgan fingerprint density at radius 1 is 1.16 bits per heavy atom. The van der Waals surface area contributed by atoms with Gasteiger partial charge in [0.25, 0.3) is 11.7 Å². The lowest BCUT2D eigenvalue weighted by atomic mass is 9.95. The first-order chi connectivity index (χ1) is 14.9. The van der Waals surface area contributed by atoms with Gasteiger partial charge in [0, 0.05) is 12.1 Å². The average molecular weight is 421 g/mol. The number of Topliss-reactive ketones (excluding diaryl/α,β-unsaturated/α-hetero) is 1. The number of likely N-dealkylation sites (tertiary alicyclic amines) is 1. The molecule has 0 unspecified atom stereocenters. The SMILES string of the molecule is C=CCOc1cccc([C@H]2/C(=C(\O)c3ccccc3)C(=O)C(=O)N2CCCN(C)C)c1. The van der Waals surface area contributed by atoms with Crippen LogP contribution in [0.25, 0.3) is 5.76 Å². The quantitative estimate of drug-likeness (QED) is 0.290. The van der Waals surface area contributed by atoms with Crippen LogP contribution in [0.4, 0.5) is 0 Å². The summed E-state index contributed by atoms with van der Waals surface area (Å²) in [7, 11) is 3.92. The molecule has 0 spiro atoms. The number of ether oxygens (including phenoxy) is 1. The van der Waals surface area contributed by atoms with Crippen LogP contribution in [-0.2, 0) is 9.59 Å². The van der Waals surface area contributed by atoms with E-state index in [0.29, 0.717) is 36.4 Å². The molecule has 0 aromatic heterocycles. The highest BCUT2D eigenvalue weighted by atomic mass is 16.5. The molecule has 31 heavy (non-hydrogen) atoms. The molecule has 1 amide bonds. The van der Waals surface area contributed by atoms with Crippen LogP contribution in [-0.4, -0.2) is 60.4 Å². The summed E-state index contributed by atoms with van der Waals surface area (Å²) in [5.41, 5.74) is 1.31. The summed E-state index contributed by atoms with van der Waals surface area (Å²) < 4.78 is 5.65. The second-order valence-corrected chi connectivity index (χ2v) is 7.69. The summed E-state index contributed by atoms with van der Waals surface area (Å²) in [6.45, 7) is 5.18. The molecule has 1 aliphatic heterocycles. The van der Waals surface area contributed by atoms with E-state index in [9.17, 15) is 14.7 Å². The zero-order chi connectivity index (χ0) is 22.4. The topological polar surface area (TPSA) is 70.1 Å². The Morgan fingerprint density at radius 3 is 2.58 bits per heavy atom. The van der Waals surface area contributed by atoms with Crippen molar-refractivity contribution in [1.82, 2.24) is 9.80 Å². The zero-order valence-electron chi connectivity index (χ0n) is 18.0. The smallest absolute Gasteiger partial charge is 0.295 e. The van der Waals surface area contributed by atoms with Crippen molar-refractivity contribution < 1.29 is 19.4 Å². The van der Waals surface area contributed by atoms with E-state index in [1.54, 1.807) is 41.3 Å². The number of nitrogens with zero attached hydrogens (tertiary/aromatic N) is 2. The second-order valence-electron chi connectivity index (χ2n) is 7.69. The van der Waals surface area contributed by atoms with Crippen LogP contribution in [0.15, 0.2) is 72.8 Å². The lowest BCUT2D eigenvalue weighted by molar-refractivity contribution is -0.139. The number of carbonyl (C=O) groups is 2. The summed E-state index contributed by atoms with van der Waals surface area (Å²) in [6.07, 6.45) is 2.35. The van der Waals surface area contributed by atoms with Crippen LogP contribution < -0.4 is 4.74 Å². The Labute approximate surface area is 183 Å². The molecule has 0 aliphatic carbocycles. The Bertz CT molecular complexity index is 982. The standard InChI is InChI=1S/C25H28N2O4/c1-4-16-31-20-13-8-12-19(17-20)22-21(23(28)18-10-6-5-7-11-18)24(29)25(30)27(22)15-9-14-26(2)3/h4-8,10-13,17,22,28H,1,9,14-16H2,2-3H3/b23-21+/t22-/m0/s1. The van der Waals surface area contributed by atoms with Crippen LogP contribution in [0, 0.1) is 0 Å². The fraction of sp³-hybridized carbons (Fsp3) is 0.280.